The van der Waals surface area contributed by atoms with Crippen LogP contribution in [0.25, 0.3) is 0 Å². The molecule has 1 aromatic heterocycles. The Morgan fingerprint density at radius 1 is 1.47 bits per heavy atom. The van der Waals surface area contributed by atoms with Gasteiger partial charge >= 0.3 is 0 Å². The zero-order chi connectivity index (χ0) is 13.1. The number of nitrogen functional groups attached to an aromatic ring is 1. The maximum atomic E-state index is 11.8. The predicted octanol–water partition coefficient (Wildman–Crippen LogP) is 0.0476. The number of nitrogens with one attached hydrogen (secondary N) is 1. The smallest absolute Gasteiger partial charge is 0.251 e. The lowest BCUT2D eigenvalue weighted by atomic mass is 9.99. The van der Waals surface area contributed by atoms with Crippen LogP contribution in [0.4, 0.5) is 5.82 Å². The van der Waals surface area contributed by atoms with Gasteiger partial charge in [-0.05, 0) is 26.0 Å². The van der Waals surface area contributed by atoms with E-state index in [4.69, 9.17) is 11.5 Å². The molecule has 0 fully saturated rings. The minimum atomic E-state index is -0.694. The Morgan fingerprint density at radius 3 is 2.65 bits per heavy atom. The van der Waals surface area contributed by atoms with Crippen molar-refractivity contribution in [3.8, 4) is 0 Å². The average molecular weight is 236 g/mol. The molecule has 1 heterocycles. The van der Waals surface area contributed by atoms with Crippen LogP contribution in [0.5, 0.6) is 0 Å². The largest absolute Gasteiger partial charge is 0.384 e. The normalized spacial score (nSPS) is 10.9. The van der Waals surface area contributed by atoms with Crippen molar-refractivity contribution < 1.29 is 9.59 Å². The Kier molecular flexibility index (Phi) is 3.67. The summed E-state index contributed by atoms with van der Waals surface area (Å²) < 4.78 is 0. The van der Waals surface area contributed by atoms with Crippen LogP contribution in [0.1, 0.15) is 30.6 Å². The van der Waals surface area contributed by atoms with E-state index in [-0.39, 0.29) is 18.1 Å². The quantitative estimate of drug-likeness (QED) is 0.685. The minimum Gasteiger partial charge on any atom is -0.384 e. The van der Waals surface area contributed by atoms with Gasteiger partial charge in [-0.25, -0.2) is 4.98 Å². The van der Waals surface area contributed by atoms with Crippen LogP contribution in [-0.2, 0) is 4.79 Å². The highest BCUT2D eigenvalue weighted by molar-refractivity contribution is 5.95. The first-order valence-corrected chi connectivity index (χ1v) is 5.12. The van der Waals surface area contributed by atoms with Crippen LogP contribution < -0.4 is 16.8 Å². The lowest BCUT2D eigenvalue weighted by molar-refractivity contribution is -0.119. The fraction of sp³-hybridized carbons (Fsp3) is 0.364. The van der Waals surface area contributed by atoms with Gasteiger partial charge in [0.05, 0.1) is 0 Å². The molecule has 0 saturated heterocycles. The molecule has 0 aliphatic heterocycles. The summed E-state index contributed by atoms with van der Waals surface area (Å²) in [4.78, 5) is 26.5. The molecule has 1 aromatic rings. The SMILES string of the molecule is CC(C)(CC(N)=O)NC(=O)c1ccnc(N)c1. The molecule has 0 bridgehead atoms. The first kappa shape index (κ1) is 13.0. The van der Waals surface area contributed by atoms with Gasteiger partial charge in [-0.1, -0.05) is 0 Å². The summed E-state index contributed by atoms with van der Waals surface area (Å²) in [6, 6.07) is 3.02. The van der Waals surface area contributed by atoms with Crippen LogP contribution in [0.3, 0.4) is 0 Å². The van der Waals surface area contributed by atoms with Gasteiger partial charge in [-0.2, -0.15) is 0 Å². The molecule has 17 heavy (non-hydrogen) atoms. The number of nitrogens with two attached hydrogens (primary N) is 2. The van der Waals surface area contributed by atoms with Crippen molar-refractivity contribution in [3.05, 3.63) is 23.9 Å². The number of anilines is 1. The van der Waals surface area contributed by atoms with E-state index in [2.05, 4.69) is 10.3 Å². The van der Waals surface area contributed by atoms with E-state index in [1.54, 1.807) is 19.9 Å². The number of carbonyl (C=O) groups excluding carboxylic acids is 2. The molecule has 92 valence electrons. The van der Waals surface area contributed by atoms with Crippen LogP contribution in [0.15, 0.2) is 18.3 Å². The number of hydrogen-bond donors (Lipinski definition) is 3. The van der Waals surface area contributed by atoms with Crippen molar-refractivity contribution in [2.24, 2.45) is 5.73 Å². The van der Waals surface area contributed by atoms with E-state index in [0.29, 0.717) is 5.56 Å². The number of hydrogen-bond acceptors (Lipinski definition) is 4. The first-order chi connectivity index (χ1) is 7.80. The molecular weight excluding hydrogens is 220 g/mol. The Bertz CT molecular complexity index is 443. The van der Waals surface area contributed by atoms with Gasteiger partial charge < -0.3 is 16.8 Å². The topological polar surface area (TPSA) is 111 Å². The van der Waals surface area contributed by atoms with Crippen molar-refractivity contribution in [1.82, 2.24) is 10.3 Å². The van der Waals surface area contributed by atoms with Crippen molar-refractivity contribution in [1.29, 1.82) is 0 Å². The molecule has 0 saturated carbocycles. The molecule has 0 atom stereocenters. The molecule has 0 aliphatic rings. The third kappa shape index (κ3) is 4.10. The Labute approximate surface area is 99.4 Å². The van der Waals surface area contributed by atoms with E-state index in [1.807, 2.05) is 0 Å². The number of primary amides is 1. The Morgan fingerprint density at radius 2 is 2.12 bits per heavy atom. The average Bonchev–Trinajstić information content (AvgIpc) is 2.14. The molecule has 6 heteroatoms. The van der Waals surface area contributed by atoms with E-state index >= 15 is 0 Å². The second kappa shape index (κ2) is 4.82. The molecule has 0 spiro atoms. The number of aromatic nitrogens is 1. The highest BCUT2D eigenvalue weighted by atomic mass is 16.2. The van der Waals surface area contributed by atoms with Gasteiger partial charge in [-0.3, -0.25) is 9.59 Å². The highest BCUT2D eigenvalue weighted by Gasteiger charge is 2.23. The first-order valence-electron chi connectivity index (χ1n) is 5.12. The van der Waals surface area contributed by atoms with E-state index in [9.17, 15) is 9.59 Å². The maximum absolute atomic E-state index is 11.8. The third-order valence-corrected chi connectivity index (χ3v) is 2.11. The van der Waals surface area contributed by atoms with Crippen LogP contribution >= 0.6 is 0 Å². The second-order valence-electron chi connectivity index (χ2n) is 4.45. The fourth-order valence-corrected chi connectivity index (χ4v) is 1.45. The van der Waals surface area contributed by atoms with Crippen molar-refractivity contribution in [2.75, 3.05) is 5.73 Å². The molecule has 0 aliphatic carbocycles. The van der Waals surface area contributed by atoms with Crippen LogP contribution in [0, 0.1) is 0 Å². The highest BCUT2D eigenvalue weighted by Crippen LogP contribution is 2.10. The second-order valence-corrected chi connectivity index (χ2v) is 4.45. The molecule has 6 nitrogen and oxygen atoms in total. The Balaban J connectivity index is 2.75. The van der Waals surface area contributed by atoms with E-state index in [0.717, 1.165) is 0 Å². The molecular formula is C11H16N4O2. The Hall–Kier alpha value is -2.11. The van der Waals surface area contributed by atoms with Crippen LogP contribution in [0.2, 0.25) is 0 Å². The monoisotopic (exact) mass is 236 g/mol. The summed E-state index contributed by atoms with van der Waals surface area (Å²) in [5.41, 5.74) is 10.3. The number of carbonyl (C=O) groups is 2. The molecule has 1 rings (SSSR count). The summed E-state index contributed by atoms with van der Waals surface area (Å²) in [7, 11) is 0. The number of pyridine rings is 1. The molecule has 0 unspecified atom stereocenters. The molecule has 0 radical (unpaired) electrons. The predicted molar refractivity (Wildman–Crippen MR) is 64.0 cm³/mol. The standard InChI is InChI=1S/C11H16N4O2/c1-11(2,6-9(13)16)15-10(17)7-3-4-14-8(12)5-7/h3-5H,6H2,1-2H3,(H2,12,14)(H2,13,16)(H,15,17). The summed E-state index contributed by atoms with van der Waals surface area (Å²) in [6.45, 7) is 3.44. The lowest BCUT2D eigenvalue weighted by Crippen LogP contribution is -2.46. The number of amides is 2. The minimum absolute atomic E-state index is 0.0688. The van der Waals surface area contributed by atoms with Gasteiger partial charge in [0.1, 0.15) is 5.82 Å². The van der Waals surface area contributed by atoms with Gasteiger partial charge in [0.15, 0.2) is 0 Å². The van der Waals surface area contributed by atoms with Gasteiger partial charge in [0.25, 0.3) is 5.91 Å². The summed E-state index contributed by atoms with van der Waals surface area (Å²) >= 11 is 0. The zero-order valence-electron chi connectivity index (χ0n) is 9.86. The van der Waals surface area contributed by atoms with E-state index < -0.39 is 11.4 Å². The maximum Gasteiger partial charge on any atom is 0.251 e. The van der Waals surface area contributed by atoms with Crippen molar-refractivity contribution in [2.45, 2.75) is 25.8 Å². The zero-order valence-corrected chi connectivity index (χ0v) is 9.86. The fourth-order valence-electron chi connectivity index (χ4n) is 1.45. The number of rotatable bonds is 4. The van der Waals surface area contributed by atoms with Crippen molar-refractivity contribution in [3.63, 3.8) is 0 Å². The van der Waals surface area contributed by atoms with E-state index in [1.165, 1.54) is 12.3 Å². The van der Waals surface area contributed by atoms with Crippen molar-refractivity contribution >= 4 is 17.6 Å². The van der Waals surface area contributed by atoms with Gasteiger partial charge in [-0.15, -0.1) is 0 Å². The third-order valence-electron chi connectivity index (χ3n) is 2.11. The summed E-state index contributed by atoms with van der Waals surface area (Å²) in [5, 5.41) is 2.71. The van der Waals surface area contributed by atoms with Gasteiger partial charge in [0.2, 0.25) is 5.91 Å². The molecule has 5 N–H and O–H groups in total. The summed E-state index contributed by atoms with van der Waals surface area (Å²) in [5.74, 6) is -0.514. The molecule has 0 aromatic carbocycles. The summed E-state index contributed by atoms with van der Waals surface area (Å²) in [6.07, 6.45) is 1.52. The molecule has 2 amide bonds. The van der Waals surface area contributed by atoms with Gasteiger partial charge in [0, 0.05) is 23.7 Å². The number of nitrogens with zero attached hydrogens (tertiary/aromatic N) is 1. The van der Waals surface area contributed by atoms with Crippen LogP contribution in [-0.4, -0.2) is 22.3 Å². The lowest BCUT2D eigenvalue weighted by Gasteiger charge is -2.24.